The van der Waals surface area contributed by atoms with Crippen molar-refractivity contribution in [1.29, 1.82) is 0 Å². The molecule has 0 radical (unpaired) electrons. The number of nitrogens with zero attached hydrogens (tertiary/aromatic N) is 4. The van der Waals surface area contributed by atoms with Crippen LogP contribution < -0.4 is 0 Å². The number of piperidine rings is 1. The summed E-state index contributed by atoms with van der Waals surface area (Å²) in [6, 6.07) is 10.7. The molecule has 0 spiro atoms. The standard InChI is InChI=1S/C19H22N4OS/c1-13-11-15-8-3-4-9-16(15)23-18(13)20-21-19(23)25-12-17(24)22-10-6-5-7-14(22)2/h3-4,8-9,11,14H,5-7,10,12H2,1-2H3. The lowest BCUT2D eigenvalue weighted by Crippen LogP contribution is -2.42. The first-order chi connectivity index (χ1) is 12.1. The van der Waals surface area contributed by atoms with Gasteiger partial charge in [-0.15, -0.1) is 10.2 Å². The van der Waals surface area contributed by atoms with Crippen molar-refractivity contribution in [3.05, 3.63) is 35.9 Å². The number of carbonyl (C=O) groups is 1. The molecule has 25 heavy (non-hydrogen) atoms. The second kappa shape index (κ2) is 6.67. The number of rotatable bonds is 3. The molecular weight excluding hydrogens is 332 g/mol. The lowest BCUT2D eigenvalue weighted by Gasteiger charge is -2.33. The molecule has 0 saturated carbocycles. The van der Waals surface area contributed by atoms with Gasteiger partial charge in [-0.1, -0.05) is 30.0 Å². The van der Waals surface area contributed by atoms with Gasteiger partial charge in [0, 0.05) is 12.6 Å². The van der Waals surface area contributed by atoms with E-state index in [1.165, 1.54) is 18.2 Å². The number of thioether (sulfide) groups is 1. The zero-order valence-electron chi connectivity index (χ0n) is 14.6. The SMILES string of the molecule is Cc1cc2ccccc2n2c(SCC(=O)N3CCCCC3C)nnc12. The van der Waals surface area contributed by atoms with Crippen LogP contribution in [0.25, 0.3) is 16.6 Å². The van der Waals surface area contributed by atoms with Crippen molar-refractivity contribution in [3.63, 3.8) is 0 Å². The minimum atomic E-state index is 0.200. The molecule has 1 saturated heterocycles. The molecule has 6 heteroatoms. The normalized spacial score (nSPS) is 18.2. The minimum absolute atomic E-state index is 0.200. The number of carbonyl (C=O) groups excluding carboxylic acids is 1. The Balaban J connectivity index is 1.63. The number of para-hydroxylation sites is 1. The molecule has 1 fully saturated rings. The zero-order valence-corrected chi connectivity index (χ0v) is 15.4. The van der Waals surface area contributed by atoms with Crippen LogP contribution in [0.15, 0.2) is 35.5 Å². The van der Waals surface area contributed by atoms with Crippen LogP contribution in [-0.2, 0) is 4.79 Å². The summed E-state index contributed by atoms with van der Waals surface area (Å²) < 4.78 is 2.07. The van der Waals surface area contributed by atoms with Gasteiger partial charge in [0.2, 0.25) is 5.91 Å². The van der Waals surface area contributed by atoms with Crippen LogP contribution in [0.4, 0.5) is 0 Å². The maximum absolute atomic E-state index is 12.6. The number of aromatic nitrogens is 3. The van der Waals surface area contributed by atoms with Crippen molar-refractivity contribution < 1.29 is 4.79 Å². The van der Waals surface area contributed by atoms with E-state index in [4.69, 9.17) is 0 Å². The van der Waals surface area contributed by atoms with Gasteiger partial charge < -0.3 is 4.90 Å². The van der Waals surface area contributed by atoms with E-state index in [-0.39, 0.29) is 5.91 Å². The second-order valence-corrected chi connectivity index (χ2v) is 7.69. The number of amides is 1. The van der Waals surface area contributed by atoms with Gasteiger partial charge >= 0.3 is 0 Å². The number of pyridine rings is 1. The fourth-order valence-electron chi connectivity index (χ4n) is 3.62. The zero-order chi connectivity index (χ0) is 17.4. The first kappa shape index (κ1) is 16.4. The third-order valence-electron chi connectivity index (χ3n) is 4.98. The number of benzene rings is 1. The van der Waals surface area contributed by atoms with Crippen molar-refractivity contribution in [2.45, 2.75) is 44.3 Å². The van der Waals surface area contributed by atoms with E-state index in [0.29, 0.717) is 11.8 Å². The summed E-state index contributed by atoms with van der Waals surface area (Å²) in [4.78, 5) is 14.6. The molecule has 1 unspecified atom stereocenters. The lowest BCUT2D eigenvalue weighted by molar-refractivity contribution is -0.131. The van der Waals surface area contributed by atoms with Crippen LogP contribution in [-0.4, -0.2) is 43.7 Å². The highest BCUT2D eigenvalue weighted by Crippen LogP contribution is 2.26. The summed E-state index contributed by atoms with van der Waals surface area (Å²) in [5.41, 5.74) is 3.03. The van der Waals surface area contributed by atoms with E-state index in [1.54, 1.807) is 0 Å². The monoisotopic (exact) mass is 354 g/mol. The third kappa shape index (κ3) is 2.99. The smallest absolute Gasteiger partial charge is 0.233 e. The van der Waals surface area contributed by atoms with Crippen LogP contribution in [0.5, 0.6) is 0 Å². The van der Waals surface area contributed by atoms with Gasteiger partial charge in [-0.3, -0.25) is 9.20 Å². The van der Waals surface area contributed by atoms with E-state index >= 15 is 0 Å². The Bertz CT molecular complexity index is 936. The molecule has 130 valence electrons. The van der Waals surface area contributed by atoms with Gasteiger partial charge in [-0.25, -0.2) is 0 Å². The van der Waals surface area contributed by atoms with Gasteiger partial charge in [0.15, 0.2) is 10.8 Å². The topological polar surface area (TPSA) is 50.5 Å². The quantitative estimate of drug-likeness (QED) is 0.673. The average Bonchev–Trinajstić information content (AvgIpc) is 3.05. The fraction of sp³-hybridized carbons (Fsp3) is 0.421. The molecule has 5 nitrogen and oxygen atoms in total. The first-order valence-corrected chi connectivity index (χ1v) is 9.79. The molecule has 0 N–H and O–H groups in total. The molecule has 3 aromatic rings. The highest BCUT2D eigenvalue weighted by Gasteiger charge is 2.23. The summed E-state index contributed by atoms with van der Waals surface area (Å²) in [6.45, 7) is 5.07. The Labute approximate surface area is 151 Å². The molecular formula is C19H22N4OS. The Kier molecular flexibility index (Phi) is 4.37. The summed E-state index contributed by atoms with van der Waals surface area (Å²) >= 11 is 1.48. The molecule has 3 heterocycles. The van der Waals surface area contributed by atoms with Crippen molar-refractivity contribution in [2.75, 3.05) is 12.3 Å². The first-order valence-electron chi connectivity index (χ1n) is 8.81. The number of hydrogen-bond acceptors (Lipinski definition) is 4. The molecule has 1 aliphatic rings. The summed E-state index contributed by atoms with van der Waals surface area (Å²) in [7, 11) is 0. The van der Waals surface area contributed by atoms with Gasteiger partial charge in [-0.05, 0) is 56.2 Å². The van der Waals surface area contributed by atoms with Gasteiger partial charge in [0.25, 0.3) is 0 Å². The molecule has 2 aromatic heterocycles. The Morgan fingerprint density at radius 2 is 2.12 bits per heavy atom. The molecule has 4 rings (SSSR count). The van der Waals surface area contributed by atoms with Crippen LogP contribution >= 0.6 is 11.8 Å². The van der Waals surface area contributed by atoms with Gasteiger partial charge in [0.05, 0.1) is 11.3 Å². The van der Waals surface area contributed by atoms with Crippen LogP contribution in [0.2, 0.25) is 0 Å². The fourth-order valence-corrected chi connectivity index (χ4v) is 4.46. The lowest BCUT2D eigenvalue weighted by atomic mass is 10.0. The highest BCUT2D eigenvalue weighted by molar-refractivity contribution is 7.99. The minimum Gasteiger partial charge on any atom is -0.339 e. The van der Waals surface area contributed by atoms with E-state index in [0.717, 1.165) is 46.7 Å². The third-order valence-corrected chi connectivity index (χ3v) is 5.90. The predicted octanol–water partition coefficient (Wildman–Crippen LogP) is 3.68. The highest BCUT2D eigenvalue weighted by atomic mass is 32.2. The van der Waals surface area contributed by atoms with E-state index < -0.39 is 0 Å². The Morgan fingerprint density at radius 1 is 1.28 bits per heavy atom. The molecule has 1 aliphatic heterocycles. The van der Waals surface area contributed by atoms with Crippen molar-refractivity contribution in [2.24, 2.45) is 0 Å². The molecule has 0 bridgehead atoms. The van der Waals surface area contributed by atoms with Crippen molar-refractivity contribution in [1.82, 2.24) is 19.5 Å². The van der Waals surface area contributed by atoms with Crippen molar-refractivity contribution >= 4 is 34.2 Å². The van der Waals surface area contributed by atoms with Gasteiger partial charge in [0.1, 0.15) is 0 Å². The molecule has 1 amide bonds. The second-order valence-electron chi connectivity index (χ2n) is 6.75. The molecule has 0 aliphatic carbocycles. The summed E-state index contributed by atoms with van der Waals surface area (Å²) in [5.74, 6) is 0.610. The number of hydrogen-bond donors (Lipinski definition) is 0. The largest absolute Gasteiger partial charge is 0.339 e. The number of aryl methyl sites for hydroxylation is 1. The maximum Gasteiger partial charge on any atom is 0.233 e. The molecule has 1 aromatic carbocycles. The van der Waals surface area contributed by atoms with E-state index in [9.17, 15) is 4.79 Å². The number of likely N-dealkylation sites (tertiary alicyclic amines) is 1. The van der Waals surface area contributed by atoms with E-state index in [1.807, 2.05) is 24.0 Å². The number of fused-ring (bicyclic) bond motifs is 3. The van der Waals surface area contributed by atoms with Crippen LogP contribution in [0, 0.1) is 6.92 Å². The van der Waals surface area contributed by atoms with Crippen LogP contribution in [0.1, 0.15) is 31.7 Å². The Hall–Kier alpha value is -2.08. The summed E-state index contributed by atoms with van der Waals surface area (Å²) in [5, 5.41) is 10.6. The average molecular weight is 354 g/mol. The summed E-state index contributed by atoms with van der Waals surface area (Å²) in [6.07, 6.45) is 3.44. The van der Waals surface area contributed by atoms with E-state index in [2.05, 4.69) is 39.7 Å². The molecule has 1 atom stereocenters. The maximum atomic E-state index is 12.6. The Morgan fingerprint density at radius 3 is 2.96 bits per heavy atom. The van der Waals surface area contributed by atoms with Crippen molar-refractivity contribution in [3.8, 4) is 0 Å². The predicted molar refractivity (Wildman–Crippen MR) is 101 cm³/mol. The van der Waals surface area contributed by atoms with Gasteiger partial charge in [-0.2, -0.15) is 0 Å². The van der Waals surface area contributed by atoms with Crippen LogP contribution in [0.3, 0.4) is 0 Å².